The molecule has 1 rings (SSSR count). The molecular formula is C18H36. The minimum absolute atomic E-state index is 0.865. The summed E-state index contributed by atoms with van der Waals surface area (Å²) in [6.45, 7) is 14.4. The lowest BCUT2D eigenvalue weighted by Gasteiger charge is -2.37. The Hall–Kier alpha value is 0. The Morgan fingerprint density at radius 3 is 1.72 bits per heavy atom. The highest BCUT2D eigenvalue weighted by atomic mass is 14.4. The molecule has 1 fully saturated rings. The molecule has 0 heteroatoms. The molecule has 0 aliphatic heterocycles. The molecule has 0 radical (unpaired) electrons. The molecule has 0 aromatic heterocycles. The minimum atomic E-state index is 0.865. The summed E-state index contributed by atoms with van der Waals surface area (Å²) in [7, 11) is 0. The Morgan fingerprint density at radius 2 is 1.33 bits per heavy atom. The smallest absolute Gasteiger partial charge is 0.0386 e. The molecule has 1 saturated carbocycles. The lowest BCUT2D eigenvalue weighted by atomic mass is 9.68. The van der Waals surface area contributed by atoms with E-state index in [-0.39, 0.29) is 0 Å². The van der Waals surface area contributed by atoms with Gasteiger partial charge in [-0.1, -0.05) is 48.0 Å². The Labute approximate surface area is 116 Å². The van der Waals surface area contributed by atoms with Crippen LogP contribution >= 0.6 is 0 Å². The highest BCUT2D eigenvalue weighted by Crippen LogP contribution is 2.41. The van der Waals surface area contributed by atoms with Gasteiger partial charge in [0.15, 0.2) is 0 Å². The summed E-state index contributed by atoms with van der Waals surface area (Å²) in [4.78, 5) is 0. The number of hydrogen-bond donors (Lipinski definition) is 0. The summed E-state index contributed by atoms with van der Waals surface area (Å²) in [6.07, 6.45) is 8.86. The van der Waals surface area contributed by atoms with Crippen molar-refractivity contribution in [2.45, 2.75) is 80.1 Å². The molecule has 108 valence electrons. The standard InChI is InChI=1S/C18H36/c1-7-16(12-13(2)3)18-10-8-17(9-11-18)15(6)14(4)5/h13-18H,7-12H2,1-6H3. The Kier molecular flexibility index (Phi) is 6.74. The van der Waals surface area contributed by atoms with Gasteiger partial charge in [-0.05, 0) is 67.6 Å². The quantitative estimate of drug-likeness (QED) is 0.531. The van der Waals surface area contributed by atoms with E-state index in [0.29, 0.717) is 0 Å². The van der Waals surface area contributed by atoms with Crippen LogP contribution in [0.3, 0.4) is 0 Å². The fourth-order valence-corrected chi connectivity index (χ4v) is 3.98. The molecule has 18 heavy (non-hydrogen) atoms. The second-order valence-corrected chi connectivity index (χ2v) is 7.58. The van der Waals surface area contributed by atoms with Gasteiger partial charge in [-0.25, -0.2) is 0 Å². The SMILES string of the molecule is CCC(CC(C)C)C1CCC(C(C)C(C)C)CC1. The van der Waals surface area contributed by atoms with E-state index in [1.807, 2.05) is 0 Å². The fraction of sp³-hybridized carbons (Fsp3) is 1.00. The predicted octanol–water partition coefficient (Wildman–Crippen LogP) is 6.16. The van der Waals surface area contributed by atoms with Crippen molar-refractivity contribution in [3.63, 3.8) is 0 Å². The largest absolute Gasteiger partial charge is 0.0651 e. The van der Waals surface area contributed by atoms with E-state index in [9.17, 15) is 0 Å². The third-order valence-electron chi connectivity index (χ3n) is 5.58. The van der Waals surface area contributed by atoms with Gasteiger partial charge in [0, 0.05) is 0 Å². The third kappa shape index (κ3) is 4.59. The van der Waals surface area contributed by atoms with Crippen LogP contribution in [-0.2, 0) is 0 Å². The first kappa shape index (κ1) is 16.1. The zero-order valence-electron chi connectivity index (χ0n) is 13.7. The molecule has 0 nitrogen and oxygen atoms in total. The molecule has 1 aliphatic carbocycles. The van der Waals surface area contributed by atoms with Gasteiger partial charge in [0.1, 0.15) is 0 Å². The highest BCUT2D eigenvalue weighted by Gasteiger charge is 2.30. The first-order valence-electron chi connectivity index (χ1n) is 8.45. The van der Waals surface area contributed by atoms with Crippen molar-refractivity contribution >= 4 is 0 Å². The van der Waals surface area contributed by atoms with Crippen LogP contribution in [0.4, 0.5) is 0 Å². The van der Waals surface area contributed by atoms with Crippen molar-refractivity contribution in [2.24, 2.45) is 35.5 Å². The Balaban J connectivity index is 2.42. The van der Waals surface area contributed by atoms with Crippen LogP contribution < -0.4 is 0 Å². The van der Waals surface area contributed by atoms with E-state index in [1.54, 1.807) is 0 Å². The van der Waals surface area contributed by atoms with E-state index in [1.165, 1.54) is 38.5 Å². The van der Waals surface area contributed by atoms with Crippen molar-refractivity contribution < 1.29 is 0 Å². The Morgan fingerprint density at radius 1 is 0.833 bits per heavy atom. The summed E-state index contributed by atoms with van der Waals surface area (Å²) >= 11 is 0. The molecule has 0 bridgehead atoms. The van der Waals surface area contributed by atoms with Crippen molar-refractivity contribution in [1.29, 1.82) is 0 Å². The van der Waals surface area contributed by atoms with Gasteiger partial charge in [-0.2, -0.15) is 0 Å². The van der Waals surface area contributed by atoms with Gasteiger partial charge >= 0.3 is 0 Å². The van der Waals surface area contributed by atoms with Crippen LogP contribution in [0.25, 0.3) is 0 Å². The molecule has 0 heterocycles. The maximum absolute atomic E-state index is 2.47. The van der Waals surface area contributed by atoms with E-state index < -0.39 is 0 Å². The second kappa shape index (κ2) is 7.56. The van der Waals surface area contributed by atoms with Crippen LogP contribution in [0.15, 0.2) is 0 Å². The summed E-state index contributed by atoms with van der Waals surface area (Å²) in [5.74, 6) is 5.72. The summed E-state index contributed by atoms with van der Waals surface area (Å²) in [5.41, 5.74) is 0. The first-order valence-corrected chi connectivity index (χ1v) is 8.45. The first-order chi connectivity index (χ1) is 8.45. The molecule has 1 aliphatic rings. The summed E-state index contributed by atoms with van der Waals surface area (Å²) < 4.78 is 0. The van der Waals surface area contributed by atoms with Gasteiger partial charge in [0.25, 0.3) is 0 Å². The third-order valence-corrected chi connectivity index (χ3v) is 5.58. The van der Waals surface area contributed by atoms with Crippen LogP contribution in [0.5, 0.6) is 0 Å². The number of hydrogen-bond acceptors (Lipinski definition) is 0. The van der Waals surface area contributed by atoms with Gasteiger partial charge in [0.05, 0.1) is 0 Å². The lowest BCUT2D eigenvalue weighted by molar-refractivity contribution is 0.135. The average Bonchev–Trinajstić information content (AvgIpc) is 2.35. The second-order valence-electron chi connectivity index (χ2n) is 7.58. The summed E-state index contributed by atoms with van der Waals surface area (Å²) in [6, 6.07) is 0. The Bertz CT molecular complexity index is 208. The van der Waals surface area contributed by atoms with E-state index >= 15 is 0 Å². The molecule has 2 atom stereocenters. The number of rotatable bonds is 6. The van der Waals surface area contributed by atoms with Crippen molar-refractivity contribution in [3.8, 4) is 0 Å². The van der Waals surface area contributed by atoms with E-state index in [4.69, 9.17) is 0 Å². The fourth-order valence-electron chi connectivity index (χ4n) is 3.98. The zero-order chi connectivity index (χ0) is 13.7. The average molecular weight is 252 g/mol. The van der Waals surface area contributed by atoms with Gasteiger partial charge in [-0.15, -0.1) is 0 Å². The summed E-state index contributed by atoms with van der Waals surface area (Å²) in [5, 5.41) is 0. The van der Waals surface area contributed by atoms with Gasteiger partial charge in [-0.3, -0.25) is 0 Å². The van der Waals surface area contributed by atoms with Crippen LogP contribution in [-0.4, -0.2) is 0 Å². The van der Waals surface area contributed by atoms with Gasteiger partial charge < -0.3 is 0 Å². The predicted molar refractivity (Wildman–Crippen MR) is 82.7 cm³/mol. The molecule has 0 aromatic carbocycles. The molecule has 0 spiro atoms. The molecule has 0 saturated heterocycles. The minimum Gasteiger partial charge on any atom is -0.0651 e. The molecule has 0 N–H and O–H groups in total. The van der Waals surface area contributed by atoms with E-state index in [0.717, 1.165) is 35.5 Å². The van der Waals surface area contributed by atoms with Crippen molar-refractivity contribution in [2.75, 3.05) is 0 Å². The topological polar surface area (TPSA) is 0 Å². The maximum Gasteiger partial charge on any atom is -0.0386 e. The zero-order valence-corrected chi connectivity index (χ0v) is 13.7. The van der Waals surface area contributed by atoms with Crippen molar-refractivity contribution in [3.05, 3.63) is 0 Å². The molecule has 0 aromatic rings. The van der Waals surface area contributed by atoms with Crippen molar-refractivity contribution in [1.82, 2.24) is 0 Å². The van der Waals surface area contributed by atoms with Crippen LogP contribution in [0.2, 0.25) is 0 Å². The normalized spacial score (nSPS) is 28.7. The molecule has 0 amide bonds. The van der Waals surface area contributed by atoms with E-state index in [2.05, 4.69) is 41.5 Å². The van der Waals surface area contributed by atoms with Gasteiger partial charge in [0.2, 0.25) is 0 Å². The maximum atomic E-state index is 2.47. The highest BCUT2D eigenvalue weighted by molar-refractivity contribution is 4.81. The lowest BCUT2D eigenvalue weighted by Crippen LogP contribution is -2.27. The molecular weight excluding hydrogens is 216 g/mol. The monoisotopic (exact) mass is 252 g/mol. The van der Waals surface area contributed by atoms with Crippen LogP contribution in [0.1, 0.15) is 80.1 Å². The van der Waals surface area contributed by atoms with Crippen LogP contribution in [0, 0.1) is 35.5 Å². The molecule has 2 unspecified atom stereocenters.